The lowest BCUT2D eigenvalue weighted by molar-refractivity contribution is -0.142. The van der Waals surface area contributed by atoms with Crippen LogP contribution in [0.15, 0.2) is 42.5 Å². The number of halogens is 1. The van der Waals surface area contributed by atoms with Gasteiger partial charge in [0.15, 0.2) is 6.61 Å². The molecule has 0 heterocycles. The van der Waals surface area contributed by atoms with E-state index >= 15 is 0 Å². The summed E-state index contributed by atoms with van der Waals surface area (Å²) in [6, 6.07) is 10.6. The Labute approximate surface area is 169 Å². The first kappa shape index (κ1) is 21.3. The van der Waals surface area contributed by atoms with E-state index in [9.17, 15) is 9.59 Å². The average molecular weight is 404 g/mol. The second-order valence-electron chi connectivity index (χ2n) is 5.76. The molecule has 0 aliphatic heterocycles. The number of hydrogen-bond donors (Lipinski definition) is 1. The van der Waals surface area contributed by atoms with Crippen LogP contribution in [0.3, 0.4) is 0 Å². The zero-order chi connectivity index (χ0) is 20.5. The fourth-order valence-corrected chi connectivity index (χ4v) is 2.52. The zero-order valence-corrected chi connectivity index (χ0v) is 16.7. The van der Waals surface area contributed by atoms with Gasteiger partial charge in [-0.15, -0.1) is 0 Å². The summed E-state index contributed by atoms with van der Waals surface area (Å²) in [6.07, 6.45) is 2.83. The van der Waals surface area contributed by atoms with Crippen LogP contribution >= 0.6 is 11.6 Å². The molecule has 2 rings (SSSR count). The number of esters is 1. The SMILES string of the molecule is CCOc1ccccc1/C=C/C(=O)OCC(=O)Nc1cc(C)c(Cl)cc1OC. The van der Waals surface area contributed by atoms with E-state index in [-0.39, 0.29) is 0 Å². The van der Waals surface area contributed by atoms with Crippen LogP contribution in [-0.2, 0) is 14.3 Å². The van der Waals surface area contributed by atoms with Gasteiger partial charge in [-0.3, -0.25) is 4.79 Å². The van der Waals surface area contributed by atoms with Crippen LogP contribution < -0.4 is 14.8 Å². The van der Waals surface area contributed by atoms with E-state index < -0.39 is 18.5 Å². The Morgan fingerprint density at radius 2 is 1.93 bits per heavy atom. The summed E-state index contributed by atoms with van der Waals surface area (Å²) in [7, 11) is 1.47. The molecule has 6 nitrogen and oxygen atoms in total. The fraction of sp³-hybridized carbons (Fsp3) is 0.238. The van der Waals surface area contributed by atoms with Gasteiger partial charge < -0.3 is 19.5 Å². The summed E-state index contributed by atoms with van der Waals surface area (Å²) < 4.78 is 15.7. The van der Waals surface area contributed by atoms with Gasteiger partial charge in [0, 0.05) is 22.7 Å². The van der Waals surface area contributed by atoms with Gasteiger partial charge in [-0.05, 0) is 37.6 Å². The molecule has 2 aromatic carbocycles. The highest BCUT2D eigenvalue weighted by molar-refractivity contribution is 6.31. The third-order valence-electron chi connectivity index (χ3n) is 3.72. The van der Waals surface area contributed by atoms with E-state index in [1.165, 1.54) is 13.2 Å². The molecule has 0 saturated heterocycles. The van der Waals surface area contributed by atoms with Crippen molar-refractivity contribution in [3.63, 3.8) is 0 Å². The summed E-state index contributed by atoms with van der Waals surface area (Å²) in [4.78, 5) is 24.0. The summed E-state index contributed by atoms with van der Waals surface area (Å²) in [5, 5.41) is 3.17. The minimum Gasteiger partial charge on any atom is -0.495 e. The van der Waals surface area contributed by atoms with Gasteiger partial charge in [-0.1, -0.05) is 29.8 Å². The highest BCUT2D eigenvalue weighted by Crippen LogP contribution is 2.30. The molecule has 0 radical (unpaired) electrons. The number of amides is 1. The Balaban J connectivity index is 1.93. The van der Waals surface area contributed by atoms with Crippen molar-refractivity contribution in [2.24, 2.45) is 0 Å². The average Bonchev–Trinajstić information content (AvgIpc) is 2.68. The molecule has 0 fully saturated rings. The minimum absolute atomic E-state index is 0.419. The molecular weight excluding hydrogens is 382 g/mol. The molecule has 0 saturated carbocycles. The summed E-state index contributed by atoms with van der Waals surface area (Å²) in [6.45, 7) is 3.77. The standard InChI is InChI=1S/C21H22ClNO5/c1-4-27-18-8-6-5-7-15(18)9-10-21(25)28-13-20(24)23-17-11-14(2)16(22)12-19(17)26-3/h5-12H,4,13H2,1-3H3,(H,23,24)/b10-9+. The molecule has 0 atom stereocenters. The van der Waals surface area contributed by atoms with Gasteiger partial charge in [-0.25, -0.2) is 4.79 Å². The Morgan fingerprint density at radius 3 is 2.64 bits per heavy atom. The molecule has 0 unspecified atom stereocenters. The summed E-state index contributed by atoms with van der Waals surface area (Å²) >= 11 is 6.04. The van der Waals surface area contributed by atoms with E-state index in [0.717, 1.165) is 11.1 Å². The van der Waals surface area contributed by atoms with Crippen LogP contribution in [0.25, 0.3) is 6.08 Å². The van der Waals surface area contributed by atoms with Crippen molar-refractivity contribution in [3.05, 3.63) is 58.6 Å². The maximum absolute atomic E-state index is 12.1. The molecule has 1 N–H and O–H groups in total. The molecule has 0 aliphatic carbocycles. The van der Waals surface area contributed by atoms with Crippen LogP contribution in [0.1, 0.15) is 18.1 Å². The van der Waals surface area contributed by atoms with Gasteiger partial charge >= 0.3 is 5.97 Å². The van der Waals surface area contributed by atoms with Gasteiger partial charge in [0.05, 0.1) is 19.4 Å². The van der Waals surface area contributed by atoms with Crippen molar-refractivity contribution in [2.45, 2.75) is 13.8 Å². The first-order chi connectivity index (χ1) is 13.4. The van der Waals surface area contributed by atoms with Crippen molar-refractivity contribution in [2.75, 3.05) is 25.6 Å². The molecule has 0 spiro atoms. The van der Waals surface area contributed by atoms with Crippen LogP contribution in [0.2, 0.25) is 5.02 Å². The normalized spacial score (nSPS) is 10.6. The van der Waals surface area contributed by atoms with Crippen molar-refractivity contribution in [1.29, 1.82) is 0 Å². The molecule has 0 bridgehead atoms. The first-order valence-electron chi connectivity index (χ1n) is 8.65. The highest BCUT2D eigenvalue weighted by Gasteiger charge is 2.12. The number of hydrogen-bond acceptors (Lipinski definition) is 5. The van der Waals surface area contributed by atoms with Crippen molar-refractivity contribution in [1.82, 2.24) is 0 Å². The Bertz CT molecular complexity index is 879. The second kappa shape index (κ2) is 10.4. The van der Waals surface area contributed by atoms with E-state index in [1.54, 1.807) is 18.2 Å². The van der Waals surface area contributed by atoms with Crippen LogP contribution in [0.5, 0.6) is 11.5 Å². The number of aryl methyl sites for hydroxylation is 1. The van der Waals surface area contributed by atoms with Crippen LogP contribution in [0, 0.1) is 6.92 Å². The lowest BCUT2D eigenvalue weighted by Crippen LogP contribution is -2.20. The Kier molecular flexibility index (Phi) is 7.89. The number of rotatable bonds is 8. The molecule has 1 amide bonds. The fourth-order valence-electron chi connectivity index (χ4n) is 2.36. The third kappa shape index (κ3) is 6.03. The maximum atomic E-state index is 12.1. The van der Waals surface area contributed by atoms with E-state index in [0.29, 0.717) is 28.8 Å². The number of anilines is 1. The molecule has 28 heavy (non-hydrogen) atoms. The third-order valence-corrected chi connectivity index (χ3v) is 4.13. The van der Waals surface area contributed by atoms with Crippen molar-refractivity contribution < 1.29 is 23.8 Å². The van der Waals surface area contributed by atoms with Crippen molar-refractivity contribution in [3.8, 4) is 11.5 Å². The predicted octanol–water partition coefficient (Wildman–Crippen LogP) is 4.25. The number of methoxy groups -OCH3 is 1. The molecule has 148 valence electrons. The smallest absolute Gasteiger partial charge is 0.331 e. The lowest BCUT2D eigenvalue weighted by Gasteiger charge is -2.12. The number of benzene rings is 2. The van der Waals surface area contributed by atoms with E-state index in [2.05, 4.69) is 5.32 Å². The summed E-state index contributed by atoms with van der Waals surface area (Å²) in [5.74, 6) is -0.0445. The Hall–Kier alpha value is -2.99. The first-order valence-corrected chi connectivity index (χ1v) is 9.03. The maximum Gasteiger partial charge on any atom is 0.331 e. The van der Waals surface area contributed by atoms with Crippen LogP contribution in [-0.4, -0.2) is 32.2 Å². The lowest BCUT2D eigenvalue weighted by atomic mass is 10.2. The van der Waals surface area contributed by atoms with Gasteiger partial charge in [0.1, 0.15) is 11.5 Å². The largest absolute Gasteiger partial charge is 0.495 e. The summed E-state index contributed by atoms with van der Waals surface area (Å²) in [5.41, 5.74) is 1.98. The zero-order valence-electron chi connectivity index (χ0n) is 16.0. The number of carbonyl (C=O) groups excluding carboxylic acids is 2. The highest BCUT2D eigenvalue weighted by atomic mass is 35.5. The van der Waals surface area contributed by atoms with Gasteiger partial charge in [-0.2, -0.15) is 0 Å². The number of carbonyl (C=O) groups is 2. The monoisotopic (exact) mass is 403 g/mol. The predicted molar refractivity (Wildman–Crippen MR) is 109 cm³/mol. The van der Waals surface area contributed by atoms with Gasteiger partial charge in [0.25, 0.3) is 5.91 Å². The number of para-hydroxylation sites is 1. The molecule has 0 aliphatic rings. The van der Waals surface area contributed by atoms with Crippen molar-refractivity contribution >= 4 is 35.2 Å². The minimum atomic E-state index is -0.638. The second-order valence-corrected chi connectivity index (χ2v) is 6.17. The molecule has 7 heteroatoms. The van der Waals surface area contributed by atoms with Crippen LogP contribution in [0.4, 0.5) is 5.69 Å². The molecule has 0 aromatic heterocycles. The molecule has 2 aromatic rings. The van der Waals surface area contributed by atoms with E-state index in [4.69, 9.17) is 25.8 Å². The Morgan fingerprint density at radius 1 is 1.18 bits per heavy atom. The number of nitrogens with one attached hydrogen (secondary N) is 1. The molecular formula is C21H22ClNO5. The quantitative estimate of drug-likeness (QED) is 0.526. The van der Waals surface area contributed by atoms with E-state index in [1.807, 2.05) is 38.1 Å². The van der Waals surface area contributed by atoms with Gasteiger partial charge in [0.2, 0.25) is 0 Å². The number of ether oxygens (including phenoxy) is 3. The topological polar surface area (TPSA) is 73.9 Å².